The summed E-state index contributed by atoms with van der Waals surface area (Å²) in [5.41, 5.74) is 0. The van der Waals surface area contributed by atoms with Gasteiger partial charge in [-0.1, -0.05) is 173 Å². The number of aliphatic hydroxyl groups is 2. The summed E-state index contributed by atoms with van der Waals surface area (Å²) in [7, 11) is -4.55. The van der Waals surface area contributed by atoms with Crippen LogP contribution in [0.15, 0.2) is 134 Å². The second-order valence-electron chi connectivity index (χ2n) is 15.4. The van der Waals surface area contributed by atoms with Gasteiger partial charge in [-0.3, -0.25) is 13.8 Å². The topological polar surface area (TPSA) is 132 Å². The highest BCUT2D eigenvalue weighted by atomic mass is 31.2. The van der Waals surface area contributed by atoms with Gasteiger partial charge in [0.15, 0.2) is 0 Å². The Bertz CT molecular complexity index is 1450. The summed E-state index contributed by atoms with van der Waals surface area (Å²) in [6, 6.07) is 0. The Balaban J connectivity index is 4.28. The molecule has 0 radical (unpaired) electrons. The first-order valence-electron chi connectivity index (χ1n) is 24.2. The van der Waals surface area contributed by atoms with Gasteiger partial charge in [-0.25, -0.2) is 4.57 Å². The number of esters is 1. The molecule has 0 saturated heterocycles. The van der Waals surface area contributed by atoms with E-state index in [1.165, 1.54) is 0 Å². The Morgan fingerprint density at radius 1 is 0.484 bits per heavy atom. The molecule has 0 aliphatic heterocycles. The smallest absolute Gasteiger partial charge is 0.457 e. The molecule has 0 aromatic carbocycles. The number of carbonyl (C=O) groups excluding carboxylic acids is 1. The summed E-state index contributed by atoms with van der Waals surface area (Å²) in [4.78, 5) is 22.7. The Hall–Kier alpha value is -3.40. The van der Waals surface area contributed by atoms with Crippen molar-refractivity contribution in [1.29, 1.82) is 0 Å². The van der Waals surface area contributed by atoms with Gasteiger partial charge in [0.05, 0.1) is 26.4 Å². The Kier molecular flexibility index (Phi) is 46.4. The molecule has 0 amide bonds. The second kappa shape index (κ2) is 49.0. The van der Waals surface area contributed by atoms with E-state index < -0.39 is 45.8 Å². The molecule has 3 atom stereocenters. The third-order valence-corrected chi connectivity index (χ3v) is 10.3. The molecule has 64 heavy (non-hydrogen) atoms. The highest BCUT2D eigenvalue weighted by Crippen LogP contribution is 2.43. The van der Waals surface area contributed by atoms with E-state index in [2.05, 4.69) is 148 Å². The molecule has 3 unspecified atom stereocenters. The molecule has 0 saturated carbocycles. The van der Waals surface area contributed by atoms with Crippen molar-refractivity contribution in [3.05, 3.63) is 134 Å². The molecule has 0 aliphatic rings. The van der Waals surface area contributed by atoms with Crippen molar-refractivity contribution in [1.82, 2.24) is 0 Å². The van der Waals surface area contributed by atoms with Gasteiger partial charge in [-0.2, -0.15) is 0 Å². The number of allylic oxidation sites excluding steroid dienone is 22. The molecule has 362 valence electrons. The Morgan fingerprint density at radius 2 is 0.844 bits per heavy atom. The molecule has 0 rings (SSSR count). The third-order valence-electron chi connectivity index (χ3n) is 9.33. The lowest BCUT2D eigenvalue weighted by Gasteiger charge is -2.20. The number of carbonyl (C=O) groups is 1. The highest BCUT2D eigenvalue weighted by Gasteiger charge is 2.26. The van der Waals surface area contributed by atoms with E-state index in [-0.39, 0.29) is 13.0 Å². The maximum Gasteiger partial charge on any atom is 0.472 e. The van der Waals surface area contributed by atoms with Crippen molar-refractivity contribution >= 4 is 13.8 Å². The van der Waals surface area contributed by atoms with Crippen LogP contribution in [0.3, 0.4) is 0 Å². The van der Waals surface area contributed by atoms with Gasteiger partial charge < -0.3 is 24.6 Å². The van der Waals surface area contributed by atoms with Gasteiger partial charge in [0.25, 0.3) is 0 Å². The fraction of sp³-hybridized carbons (Fsp3) is 0.574. The lowest BCUT2D eigenvalue weighted by Crippen LogP contribution is -2.29. The lowest BCUT2D eigenvalue weighted by atomic mass is 10.1. The molecular formula is C54H87O9P. The molecule has 0 fully saturated rings. The largest absolute Gasteiger partial charge is 0.472 e. The molecule has 10 heteroatoms. The van der Waals surface area contributed by atoms with Crippen molar-refractivity contribution < 1.29 is 43.0 Å². The number of phosphoric acid groups is 1. The summed E-state index contributed by atoms with van der Waals surface area (Å²) in [5, 5.41) is 18.4. The van der Waals surface area contributed by atoms with Crippen LogP contribution in [0.4, 0.5) is 0 Å². The van der Waals surface area contributed by atoms with Gasteiger partial charge >= 0.3 is 13.8 Å². The molecule has 0 heterocycles. The van der Waals surface area contributed by atoms with Crippen LogP contribution in [0.1, 0.15) is 155 Å². The van der Waals surface area contributed by atoms with Crippen molar-refractivity contribution in [3.63, 3.8) is 0 Å². The monoisotopic (exact) mass is 911 g/mol. The summed E-state index contributed by atoms with van der Waals surface area (Å²) in [5.74, 6) is -0.423. The van der Waals surface area contributed by atoms with E-state index in [0.29, 0.717) is 13.0 Å². The summed E-state index contributed by atoms with van der Waals surface area (Å²) < 4.78 is 33.4. The van der Waals surface area contributed by atoms with E-state index >= 15 is 0 Å². The summed E-state index contributed by atoms with van der Waals surface area (Å²) in [6.45, 7) is 3.15. The van der Waals surface area contributed by atoms with Crippen LogP contribution in [0.25, 0.3) is 0 Å². The van der Waals surface area contributed by atoms with Gasteiger partial charge in [-0.05, 0) is 109 Å². The first-order chi connectivity index (χ1) is 31.3. The van der Waals surface area contributed by atoms with Crippen LogP contribution in [0.5, 0.6) is 0 Å². The molecule has 9 nitrogen and oxygen atoms in total. The Morgan fingerprint density at radius 3 is 1.25 bits per heavy atom. The number of aliphatic hydroxyl groups excluding tert-OH is 2. The molecule has 3 N–H and O–H groups in total. The lowest BCUT2D eigenvalue weighted by molar-refractivity contribution is -0.154. The van der Waals surface area contributed by atoms with E-state index in [1.54, 1.807) is 0 Å². The maximum atomic E-state index is 12.7. The number of unbranched alkanes of at least 4 members (excludes halogenated alkanes) is 8. The molecule has 0 aromatic heterocycles. The van der Waals surface area contributed by atoms with Gasteiger partial charge in [0, 0.05) is 13.0 Å². The van der Waals surface area contributed by atoms with Crippen molar-refractivity contribution in [2.24, 2.45) is 0 Å². The van der Waals surface area contributed by atoms with Crippen molar-refractivity contribution in [3.8, 4) is 0 Å². The van der Waals surface area contributed by atoms with Gasteiger partial charge in [-0.15, -0.1) is 0 Å². The van der Waals surface area contributed by atoms with Crippen LogP contribution >= 0.6 is 7.82 Å². The summed E-state index contributed by atoms with van der Waals surface area (Å²) >= 11 is 0. The molecule has 0 spiro atoms. The molecule has 0 aliphatic carbocycles. The average molecular weight is 911 g/mol. The highest BCUT2D eigenvalue weighted by molar-refractivity contribution is 7.47. The minimum Gasteiger partial charge on any atom is -0.457 e. The normalized spacial score (nSPS) is 15.0. The number of hydrogen-bond acceptors (Lipinski definition) is 8. The molecular weight excluding hydrogens is 824 g/mol. The minimum atomic E-state index is -4.55. The Labute approximate surface area is 389 Å². The fourth-order valence-corrected chi connectivity index (χ4v) is 6.53. The van der Waals surface area contributed by atoms with Crippen LogP contribution in [0.2, 0.25) is 0 Å². The zero-order chi connectivity index (χ0) is 46.7. The first-order valence-corrected chi connectivity index (χ1v) is 25.7. The maximum absolute atomic E-state index is 12.7. The quantitative estimate of drug-likeness (QED) is 0.0237. The number of rotatable bonds is 44. The van der Waals surface area contributed by atoms with Crippen LogP contribution in [-0.2, 0) is 27.9 Å². The summed E-state index contributed by atoms with van der Waals surface area (Å²) in [6.07, 6.45) is 67.0. The zero-order valence-electron chi connectivity index (χ0n) is 39.7. The van der Waals surface area contributed by atoms with Gasteiger partial charge in [0.2, 0.25) is 0 Å². The minimum absolute atomic E-state index is 0.0109. The fourth-order valence-electron chi connectivity index (χ4n) is 5.74. The molecule has 0 bridgehead atoms. The standard InChI is InChI=1S/C54H87O9P/c1-3-5-7-9-11-13-15-17-19-21-23-25-26-27-28-30-32-34-36-38-40-42-44-46-54(57)63-53(51-62-64(58,59)61-49-52(56)48-55)50-60-47-45-43-41-39-37-35-33-31-29-24-22-20-18-16-14-12-10-8-6-4-2/h5-8,11-14,17-20,23-25,27-29,32-35,52-53,55-56H,3-4,9-10,15-16,21-22,26,30-31,36-51H2,1-2H3,(H,58,59)/b7-5-,8-6-,13-11-,14-12-,19-17-,20-18-,25-23-,28-27-,29-24-,34-32-,35-33-. The zero-order valence-corrected chi connectivity index (χ0v) is 40.6. The SMILES string of the molecule is CC/C=C\C/C=C\C/C=C\C/C=C\C/C=C\C/C=C\CCCCCCC(=O)OC(COCCCCCC/C=C\C/C=C\C/C=C\C/C=C\C/C=C\CC)COP(=O)(O)OCC(O)CO. The van der Waals surface area contributed by atoms with Crippen LogP contribution in [-0.4, -0.2) is 66.3 Å². The predicted octanol–water partition coefficient (Wildman–Crippen LogP) is 14.1. The third kappa shape index (κ3) is 48.1. The first kappa shape index (κ1) is 60.6. The molecule has 0 aromatic rings. The number of hydrogen-bond donors (Lipinski definition) is 3. The van der Waals surface area contributed by atoms with E-state index in [0.717, 1.165) is 128 Å². The second-order valence-corrected chi connectivity index (χ2v) is 16.8. The number of phosphoric ester groups is 1. The average Bonchev–Trinajstić information content (AvgIpc) is 3.29. The van der Waals surface area contributed by atoms with Crippen LogP contribution < -0.4 is 0 Å². The van der Waals surface area contributed by atoms with Crippen LogP contribution in [0, 0.1) is 0 Å². The van der Waals surface area contributed by atoms with Gasteiger partial charge in [0.1, 0.15) is 12.2 Å². The van der Waals surface area contributed by atoms with E-state index in [9.17, 15) is 19.4 Å². The number of ether oxygens (including phenoxy) is 2. The van der Waals surface area contributed by atoms with Crippen molar-refractivity contribution in [2.45, 2.75) is 167 Å². The van der Waals surface area contributed by atoms with E-state index in [4.69, 9.17) is 23.6 Å². The van der Waals surface area contributed by atoms with Crippen molar-refractivity contribution in [2.75, 3.05) is 33.0 Å². The van der Waals surface area contributed by atoms with E-state index in [1.807, 2.05) is 0 Å². The predicted molar refractivity (Wildman–Crippen MR) is 269 cm³/mol.